The van der Waals surface area contributed by atoms with Crippen molar-refractivity contribution in [2.45, 2.75) is 96.3 Å². The Hall–Kier alpha value is -2.48. The Balaban J connectivity index is 1.46. The van der Waals surface area contributed by atoms with Gasteiger partial charge in [0.1, 0.15) is 6.54 Å². The zero-order chi connectivity index (χ0) is 24.1. The summed E-state index contributed by atoms with van der Waals surface area (Å²) in [6, 6.07) is 8.18. The van der Waals surface area contributed by atoms with E-state index in [0.717, 1.165) is 31.2 Å². The highest BCUT2D eigenvalue weighted by Gasteiger charge is 2.32. The highest BCUT2D eigenvalue weighted by molar-refractivity contribution is 7.71. The molecule has 1 heterocycles. The average molecular weight is 484 g/mol. The fraction of sp³-hybridized carbons (Fsp3) is 0.615. The van der Waals surface area contributed by atoms with Crippen molar-refractivity contribution in [2.75, 3.05) is 0 Å². The smallest absolute Gasteiger partial charge is 0.251 e. The van der Waals surface area contributed by atoms with Gasteiger partial charge in [0.15, 0.2) is 10.6 Å². The number of hydrogen-bond acceptors (Lipinski definition) is 4. The van der Waals surface area contributed by atoms with Gasteiger partial charge in [-0.15, -0.1) is 0 Å². The number of nitrogens with one attached hydrogen (secondary N) is 1. The molecule has 34 heavy (non-hydrogen) atoms. The van der Waals surface area contributed by atoms with E-state index in [4.69, 9.17) is 12.2 Å². The summed E-state index contributed by atoms with van der Waals surface area (Å²) in [7, 11) is 1.84. The summed E-state index contributed by atoms with van der Waals surface area (Å²) in [6.07, 6.45) is 11.8. The zero-order valence-corrected chi connectivity index (χ0v) is 21.3. The van der Waals surface area contributed by atoms with Gasteiger partial charge in [-0.3, -0.25) is 9.59 Å². The molecule has 0 radical (unpaired) electrons. The Labute approximate surface area is 207 Å². The molecule has 184 valence electrons. The van der Waals surface area contributed by atoms with Gasteiger partial charge in [0.05, 0.1) is 6.54 Å². The lowest BCUT2D eigenvalue weighted by Gasteiger charge is -2.41. The van der Waals surface area contributed by atoms with Gasteiger partial charge in [-0.2, -0.15) is 5.10 Å². The third kappa shape index (κ3) is 5.59. The van der Waals surface area contributed by atoms with E-state index in [1.165, 1.54) is 38.5 Å². The first-order valence-corrected chi connectivity index (χ1v) is 13.1. The summed E-state index contributed by atoms with van der Waals surface area (Å²) in [4.78, 5) is 28.4. The van der Waals surface area contributed by atoms with Crippen LogP contribution in [0.3, 0.4) is 0 Å². The summed E-state index contributed by atoms with van der Waals surface area (Å²) < 4.78 is 3.92. The predicted molar refractivity (Wildman–Crippen MR) is 135 cm³/mol. The Morgan fingerprint density at radius 3 is 2.21 bits per heavy atom. The maximum Gasteiger partial charge on any atom is 0.251 e. The van der Waals surface area contributed by atoms with Gasteiger partial charge in [-0.25, -0.2) is 4.68 Å². The van der Waals surface area contributed by atoms with Gasteiger partial charge in [0, 0.05) is 24.7 Å². The maximum absolute atomic E-state index is 13.6. The van der Waals surface area contributed by atoms with Crippen LogP contribution in [0.2, 0.25) is 0 Å². The minimum atomic E-state index is -0.143. The van der Waals surface area contributed by atoms with Crippen molar-refractivity contribution in [1.82, 2.24) is 24.6 Å². The average Bonchev–Trinajstić information content (AvgIpc) is 3.12. The number of amides is 2. The summed E-state index contributed by atoms with van der Waals surface area (Å²) in [5.74, 6) is 0.625. The highest BCUT2D eigenvalue weighted by atomic mass is 32.1. The van der Waals surface area contributed by atoms with Gasteiger partial charge >= 0.3 is 0 Å². The molecule has 0 atom stereocenters. The fourth-order valence-electron chi connectivity index (χ4n) is 5.51. The van der Waals surface area contributed by atoms with Crippen LogP contribution >= 0.6 is 12.2 Å². The molecule has 0 saturated heterocycles. The van der Waals surface area contributed by atoms with Gasteiger partial charge in [0.25, 0.3) is 5.91 Å². The summed E-state index contributed by atoms with van der Waals surface area (Å²) in [6.45, 7) is 2.33. The first kappa shape index (κ1) is 24.6. The SMILES string of the molecule is Cc1ccccc1C(=O)NCc1nn(CC(=O)N(C2CCCCC2)C2CCCCC2)c(=S)n1C. The second-order valence-electron chi connectivity index (χ2n) is 9.80. The van der Waals surface area contributed by atoms with Crippen molar-refractivity contribution in [3.8, 4) is 0 Å². The van der Waals surface area contributed by atoms with E-state index in [1.54, 1.807) is 9.25 Å². The van der Waals surface area contributed by atoms with Crippen molar-refractivity contribution in [1.29, 1.82) is 0 Å². The van der Waals surface area contributed by atoms with Crippen molar-refractivity contribution >= 4 is 24.0 Å². The molecule has 2 aliphatic rings. The summed E-state index contributed by atoms with van der Waals surface area (Å²) >= 11 is 5.61. The van der Waals surface area contributed by atoms with E-state index in [9.17, 15) is 9.59 Å². The van der Waals surface area contributed by atoms with E-state index in [0.29, 0.717) is 28.2 Å². The lowest BCUT2D eigenvalue weighted by atomic mass is 9.88. The molecule has 0 bridgehead atoms. The zero-order valence-electron chi connectivity index (χ0n) is 20.5. The molecule has 2 amide bonds. The van der Waals surface area contributed by atoms with Crippen LogP contribution in [-0.4, -0.2) is 43.1 Å². The molecule has 8 heteroatoms. The third-order valence-corrected chi connectivity index (χ3v) is 7.92. The molecular weight excluding hydrogens is 446 g/mol. The van der Waals surface area contributed by atoms with Crippen LogP contribution < -0.4 is 5.32 Å². The van der Waals surface area contributed by atoms with Crippen LogP contribution in [0.5, 0.6) is 0 Å². The molecule has 2 aliphatic carbocycles. The molecule has 2 fully saturated rings. The van der Waals surface area contributed by atoms with Gasteiger partial charge < -0.3 is 14.8 Å². The number of aryl methyl sites for hydroxylation is 1. The van der Waals surface area contributed by atoms with Crippen LogP contribution in [0.25, 0.3) is 0 Å². The molecule has 1 N–H and O–H groups in total. The van der Waals surface area contributed by atoms with Gasteiger partial charge in [-0.1, -0.05) is 56.7 Å². The van der Waals surface area contributed by atoms with Gasteiger partial charge in [-0.05, 0) is 56.5 Å². The minimum absolute atomic E-state index is 0.128. The number of rotatable bonds is 7. The summed E-state index contributed by atoms with van der Waals surface area (Å²) in [5, 5.41) is 7.56. The standard InChI is InChI=1S/C26H37N5O2S/c1-19-11-9-10-16-22(19)25(33)27-17-23-28-30(26(34)29(23)2)18-24(32)31(20-12-5-3-6-13-20)21-14-7-4-8-15-21/h9-11,16,20-21H,3-8,12-15,17-18H2,1-2H3,(H,27,33). The van der Waals surface area contributed by atoms with Crippen LogP contribution in [0.15, 0.2) is 24.3 Å². The lowest BCUT2D eigenvalue weighted by Crippen LogP contribution is -2.50. The van der Waals surface area contributed by atoms with E-state index in [-0.39, 0.29) is 24.9 Å². The van der Waals surface area contributed by atoms with E-state index in [1.807, 2.05) is 38.2 Å². The van der Waals surface area contributed by atoms with E-state index >= 15 is 0 Å². The van der Waals surface area contributed by atoms with Crippen LogP contribution in [0.4, 0.5) is 0 Å². The number of aromatic nitrogens is 3. The summed E-state index contributed by atoms with van der Waals surface area (Å²) in [5.41, 5.74) is 1.57. The Morgan fingerprint density at radius 1 is 1.03 bits per heavy atom. The minimum Gasteiger partial charge on any atom is -0.345 e. The molecule has 0 spiro atoms. The molecule has 4 rings (SSSR count). The number of carbonyl (C=O) groups is 2. The molecule has 7 nitrogen and oxygen atoms in total. The third-order valence-electron chi connectivity index (χ3n) is 7.44. The van der Waals surface area contributed by atoms with Crippen LogP contribution in [-0.2, 0) is 24.9 Å². The molecular formula is C26H37N5O2S. The maximum atomic E-state index is 13.6. The molecule has 2 aromatic rings. The monoisotopic (exact) mass is 483 g/mol. The number of hydrogen-bond donors (Lipinski definition) is 1. The van der Waals surface area contributed by atoms with Crippen LogP contribution in [0.1, 0.15) is 86.0 Å². The normalized spacial score (nSPS) is 17.5. The van der Waals surface area contributed by atoms with Gasteiger partial charge in [0.2, 0.25) is 5.91 Å². The van der Waals surface area contributed by atoms with Crippen LogP contribution in [0, 0.1) is 11.7 Å². The van der Waals surface area contributed by atoms with Crippen molar-refractivity contribution in [3.05, 3.63) is 46.0 Å². The van der Waals surface area contributed by atoms with E-state index in [2.05, 4.69) is 15.3 Å². The quantitative estimate of drug-likeness (QED) is 0.580. The van der Waals surface area contributed by atoms with E-state index < -0.39 is 0 Å². The van der Waals surface area contributed by atoms with Crippen molar-refractivity contribution in [2.24, 2.45) is 7.05 Å². The number of nitrogens with zero attached hydrogens (tertiary/aromatic N) is 4. The molecule has 0 unspecified atom stereocenters. The first-order valence-electron chi connectivity index (χ1n) is 12.7. The highest BCUT2D eigenvalue weighted by Crippen LogP contribution is 2.30. The first-order chi connectivity index (χ1) is 16.5. The second kappa shape index (κ2) is 11.3. The molecule has 1 aromatic heterocycles. The predicted octanol–water partition coefficient (Wildman–Crippen LogP) is 4.68. The largest absolute Gasteiger partial charge is 0.345 e. The second-order valence-corrected chi connectivity index (χ2v) is 10.2. The topological polar surface area (TPSA) is 72.2 Å². The van der Waals surface area contributed by atoms with Crippen molar-refractivity contribution < 1.29 is 9.59 Å². The number of carbonyl (C=O) groups excluding carboxylic acids is 2. The number of benzene rings is 1. The molecule has 0 aliphatic heterocycles. The molecule has 1 aromatic carbocycles. The Bertz CT molecular complexity index is 1050. The lowest BCUT2D eigenvalue weighted by molar-refractivity contribution is -0.138. The Kier molecular flexibility index (Phi) is 8.19. The molecule has 2 saturated carbocycles. The fourth-order valence-corrected chi connectivity index (χ4v) is 5.72. The Morgan fingerprint density at radius 2 is 1.62 bits per heavy atom. The van der Waals surface area contributed by atoms with Crippen molar-refractivity contribution in [3.63, 3.8) is 0 Å².